The Bertz CT molecular complexity index is 1210. The van der Waals surface area contributed by atoms with Crippen LogP contribution in [-0.4, -0.2) is 74.1 Å². The highest BCUT2D eigenvalue weighted by Crippen LogP contribution is 2.38. The number of aliphatic hydroxyl groups is 1. The SMILES string of the molecule is O=C(NCCCN1CCOCC1)c1ccc(N2C(=O)O[C@H](CO)C2c2ccc(-c3ccccc3)cc2)cc1. The standard InChI is InChI=1S/C30H33N3O5/c34-21-27-28(24-9-7-23(8-10-24)22-5-2-1-3-6-22)33(30(36)38-27)26-13-11-25(12-14-26)29(35)31-15-4-16-32-17-19-37-20-18-32/h1-3,5-14,27-28,34H,4,15-21H2,(H,31,35)/t27-,28?/m1/s1. The number of amides is 2. The lowest BCUT2D eigenvalue weighted by molar-refractivity contribution is 0.0374. The molecule has 0 spiro atoms. The number of anilines is 1. The van der Waals surface area contributed by atoms with E-state index in [1.165, 1.54) is 0 Å². The molecule has 0 radical (unpaired) electrons. The lowest BCUT2D eigenvalue weighted by atomic mass is 9.97. The maximum absolute atomic E-state index is 12.8. The number of cyclic esters (lactones) is 1. The molecule has 3 aromatic rings. The van der Waals surface area contributed by atoms with Gasteiger partial charge in [-0.15, -0.1) is 0 Å². The topological polar surface area (TPSA) is 91.3 Å². The summed E-state index contributed by atoms with van der Waals surface area (Å²) in [6.07, 6.45) is -0.350. The van der Waals surface area contributed by atoms with Crippen LogP contribution < -0.4 is 10.2 Å². The van der Waals surface area contributed by atoms with Crippen LogP contribution in [-0.2, 0) is 9.47 Å². The fourth-order valence-corrected chi connectivity index (χ4v) is 5.01. The predicted octanol–water partition coefficient (Wildman–Crippen LogP) is 3.86. The fraction of sp³-hybridized carbons (Fsp3) is 0.333. The molecular formula is C30H33N3O5. The first-order chi connectivity index (χ1) is 18.6. The average Bonchev–Trinajstić information content (AvgIpc) is 3.32. The number of carbonyl (C=O) groups is 2. The second kappa shape index (κ2) is 12.2. The monoisotopic (exact) mass is 515 g/mol. The molecule has 2 N–H and O–H groups in total. The summed E-state index contributed by atoms with van der Waals surface area (Å²) in [7, 11) is 0. The highest BCUT2D eigenvalue weighted by Gasteiger charge is 2.43. The van der Waals surface area contributed by atoms with E-state index in [1.807, 2.05) is 54.6 Å². The Hall–Kier alpha value is -3.72. The lowest BCUT2D eigenvalue weighted by Crippen LogP contribution is -2.38. The molecule has 2 aliphatic rings. The highest BCUT2D eigenvalue weighted by molar-refractivity contribution is 5.96. The van der Waals surface area contributed by atoms with Crippen LogP contribution in [0.4, 0.5) is 10.5 Å². The molecule has 38 heavy (non-hydrogen) atoms. The quantitative estimate of drug-likeness (QED) is 0.421. The van der Waals surface area contributed by atoms with Crippen LogP contribution in [0.2, 0.25) is 0 Å². The second-order valence-electron chi connectivity index (χ2n) is 9.52. The van der Waals surface area contributed by atoms with Gasteiger partial charge in [0.25, 0.3) is 5.91 Å². The molecule has 8 nitrogen and oxygen atoms in total. The van der Waals surface area contributed by atoms with Crippen molar-refractivity contribution in [1.29, 1.82) is 0 Å². The van der Waals surface area contributed by atoms with Crippen LogP contribution in [0.15, 0.2) is 78.9 Å². The third-order valence-electron chi connectivity index (χ3n) is 7.07. The van der Waals surface area contributed by atoms with E-state index in [2.05, 4.69) is 10.2 Å². The smallest absolute Gasteiger partial charge is 0.415 e. The maximum Gasteiger partial charge on any atom is 0.415 e. The molecule has 2 aliphatic heterocycles. The van der Waals surface area contributed by atoms with Gasteiger partial charge in [-0.1, -0.05) is 54.6 Å². The van der Waals surface area contributed by atoms with Crippen molar-refractivity contribution < 1.29 is 24.2 Å². The second-order valence-corrected chi connectivity index (χ2v) is 9.52. The Morgan fingerprint density at radius 2 is 1.61 bits per heavy atom. The normalized spacial score (nSPS) is 19.8. The minimum absolute atomic E-state index is 0.149. The highest BCUT2D eigenvalue weighted by atomic mass is 16.6. The van der Waals surface area contributed by atoms with Crippen molar-refractivity contribution in [2.45, 2.75) is 18.6 Å². The molecule has 0 aromatic heterocycles. The van der Waals surface area contributed by atoms with Crippen LogP contribution in [0.1, 0.15) is 28.4 Å². The van der Waals surface area contributed by atoms with Gasteiger partial charge in [0.15, 0.2) is 6.10 Å². The Labute approximate surface area is 222 Å². The van der Waals surface area contributed by atoms with Gasteiger partial charge in [0.2, 0.25) is 0 Å². The van der Waals surface area contributed by atoms with E-state index < -0.39 is 18.2 Å². The molecule has 2 saturated heterocycles. The predicted molar refractivity (Wildman–Crippen MR) is 145 cm³/mol. The van der Waals surface area contributed by atoms with E-state index in [0.717, 1.165) is 56.0 Å². The number of aliphatic hydroxyl groups excluding tert-OH is 1. The average molecular weight is 516 g/mol. The van der Waals surface area contributed by atoms with Gasteiger partial charge >= 0.3 is 6.09 Å². The number of morpholine rings is 1. The Morgan fingerprint density at radius 1 is 0.921 bits per heavy atom. The van der Waals surface area contributed by atoms with Crippen LogP contribution in [0.5, 0.6) is 0 Å². The number of benzene rings is 3. The van der Waals surface area contributed by atoms with Crippen LogP contribution >= 0.6 is 0 Å². The zero-order valence-electron chi connectivity index (χ0n) is 21.3. The van der Waals surface area contributed by atoms with Crippen molar-refractivity contribution in [3.05, 3.63) is 90.0 Å². The molecular weight excluding hydrogens is 482 g/mol. The van der Waals surface area contributed by atoms with Crippen LogP contribution in [0.3, 0.4) is 0 Å². The maximum atomic E-state index is 12.8. The van der Waals surface area contributed by atoms with Gasteiger partial charge < -0.3 is 19.9 Å². The molecule has 198 valence electrons. The first-order valence-corrected chi connectivity index (χ1v) is 13.1. The van der Waals surface area contributed by atoms with Crippen molar-refractivity contribution in [2.75, 3.05) is 50.9 Å². The number of nitrogens with zero attached hydrogens (tertiary/aromatic N) is 2. The van der Waals surface area contributed by atoms with E-state index in [9.17, 15) is 14.7 Å². The minimum atomic E-state index is -0.695. The van der Waals surface area contributed by atoms with Gasteiger partial charge in [-0.2, -0.15) is 0 Å². The summed E-state index contributed by atoms with van der Waals surface area (Å²) in [5, 5.41) is 12.9. The van der Waals surface area contributed by atoms with Crippen LogP contribution in [0.25, 0.3) is 11.1 Å². The van der Waals surface area contributed by atoms with Gasteiger partial charge in [-0.3, -0.25) is 14.6 Å². The molecule has 2 atom stereocenters. The van der Waals surface area contributed by atoms with E-state index in [4.69, 9.17) is 9.47 Å². The molecule has 2 amide bonds. The van der Waals surface area contributed by atoms with Crippen molar-refractivity contribution in [3.8, 4) is 11.1 Å². The summed E-state index contributed by atoms with van der Waals surface area (Å²) in [6, 6.07) is 24.4. The molecule has 0 bridgehead atoms. The molecule has 2 fully saturated rings. The van der Waals surface area contributed by atoms with Gasteiger partial charge in [-0.25, -0.2) is 4.79 Å². The van der Waals surface area contributed by atoms with E-state index >= 15 is 0 Å². The Balaban J connectivity index is 1.25. The summed E-state index contributed by atoms with van der Waals surface area (Å²) in [4.78, 5) is 29.4. The summed E-state index contributed by atoms with van der Waals surface area (Å²) in [5.74, 6) is -0.149. The van der Waals surface area contributed by atoms with Crippen molar-refractivity contribution in [1.82, 2.24) is 10.2 Å². The third kappa shape index (κ3) is 5.88. The zero-order valence-corrected chi connectivity index (χ0v) is 21.3. The molecule has 0 aliphatic carbocycles. The number of carbonyl (C=O) groups excluding carboxylic acids is 2. The number of hydrogen-bond acceptors (Lipinski definition) is 6. The number of nitrogens with one attached hydrogen (secondary N) is 1. The lowest BCUT2D eigenvalue weighted by Gasteiger charge is -2.26. The largest absolute Gasteiger partial charge is 0.441 e. The van der Waals surface area contributed by atoms with Gasteiger partial charge in [0, 0.05) is 30.9 Å². The summed E-state index contributed by atoms with van der Waals surface area (Å²) in [5.41, 5.74) is 4.15. The third-order valence-corrected chi connectivity index (χ3v) is 7.07. The number of ether oxygens (including phenoxy) is 2. The number of rotatable bonds is 9. The molecule has 1 unspecified atom stereocenters. The molecule has 2 heterocycles. The Kier molecular flexibility index (Phi) is 8.33. The zero-order chi connectivity index (χ0) is 26.3. The van der Waals surface area contributed by atoms with E-state index in [-0.39, 0.29) is 12.5 Å². The van der Waals surface area contributed by atoms with Crippen LogP contribution in [0, 0.1) is 0 Å². The minimum Gasteiger partial charge on any atom is -0.441 e. The van der Waals surface area contributed by atoms with Gasteiger partial charge in [-0.05, 0) is 53.9 Å². The first kappa shape index (κ1) is 25.9. The van der Waals surface area contributed by atoms with Gasteiger partial charge in [0.05, 0.1) is 19.8 Å². The summed E-state index contributed by atoms with van der Waals surface area (Å²) < 4.78 is 10.9. The van der Waals surface area contributed by atoms with E-state index in [1.54, 1.807) is 29.2 Å². The summed E-state index contributed by atoms with van der Waals surface area (Å²) >= 11 is 0. The fourth-order valence-electron chi connectivity index (χ4n) is 5.01. The van der Waals surface area contributed by atoms with Crippen molar-refractivity contribution in [2.24, 2.45) is 0 Å². The molecule has 8 heteroatoms. The molecule has 5 rings (SSSR count). The Morgan fingerprint density at radius 3 is 2.29 bits per heavy atom. The van der Waals surface area contributed by atoms with Crippen molar-refractivity contribution in [3.63, 3.8) is 0 Å². The molecule has 0 saturated carbocycles. The van der Waals surface area contributed by atoms with Gasteiger partial charge in [0.1, 0.15) is 6.04 Å². The van der Waals surface area contributed by atoms with E-state index in [0.29, 0.717) is 17.8 Å². The first-order valence-electron chi connectivity index (χ1n) is 13.1. The number of hydrogen-bond donors (Lipinski definition) is 2. The molecule has 3 aromatic carbocycles. The summed E-state index contributed by atoms with van der Waals surface area (Å²) in [6.45, 7) is 4.63. The van der Waals surface area contributed by atoms with Crippen molar-refractivity contribution >= 4 is 17.7 Å².